The predicted molar refractivity (Wildman–Crippen MR) is 73.3 cm³/mol. The molecule has 0 unspecified atom stereocenters. The smallest absolute Gasteiger partial charge is 0.221 e. The standard InChI is InChI=1S/C12H13BrN4/c1-7-5-9(13)3-4-10(7)16-11-8(2)6-15-12(14)17-11/h3-6H,1-2H3,(H3,14,15,16,17). The Hall–Kier alpha value is -1.62. The normalized spacial score (nSPS) is 10.3. The van der Waals surface area contributed by atoms with Gasteiger partial charge in [0.15, 0.2) is 0 Å². The van der Waals surface area contributed by atoms with Gasteiger partial charge in [-0.25, -0.2) is 4.98 Å². The average molecular weight is 293 g/mol. The first-order chi connectivity index (χ1) is 8.06. The fourth-order valence-corrected chi connectivity index (χ4v) is 1.95. The monoisotopic (exact) mass is 292 g/mol. The van der Waals surface area contributed by atoms with Crippen LogP contribution in [0.3, 0.4) is 0 Å². The Labute approximate surface area is 108 Å². The third-order valence-corrected chi connectivity index (χ3v) is 2.93. The largest absolute Gasteiger partial charge is 0.368 e. The molecule has 0 saturated heterocycles. The van der Waals surface area contributed by atoms with Crippen LogP contribution in [0.25, 0.3) is 0 Å². The van der Waals surface area contributed by atoms with Gasteiger partial charge in [0.2, 0.25) is 5.95 Å². The number of halogens is 1. The van der Waals surface area contributed by atoms with E-state index in [4.69, 9.17) is 5.73 Å². The first-order valence-electron chi connectivity index (χ1n) is 5.18. The first-order valence-corrected chi connectivity index (χ1v) is 5.98. The lowest BCUT2D eigenvalue weighted by Gasteiger charge is -2.11. The van der Waals surface area contributed by atoms with Gasteiger partial charge in [-0.2, -0.15) is 4.98 Å². The van der Waals surface area contributed by atoms with Gasteiger partial charge in [-0.1, -0.05) is 15.9 Å². The van der Waals surface area contributed by atoms with E-state index in [-0.39, 0.29) is 5.95 Å². The average Bonchev–Trinajstić information content (AvgIpc) is 2.27. The summed E-state index contributed by atoms with van der Waals surface area (Å²) in [6.07, 6.45) is 1.71. The Kier molecular flexibility index (Phi) is 3.28. The molecule has 3 N–H and O–H groups in total. The van der Waals surface area contributed by atoms with Crippen LogP contribution in [-0.2, 0) is 0 Å². The van der Waals surface area contributed by atoms with E-state index in [2.05, 4.69) is 31.2 Å². The molecule has 0 aliphatic carbocycles. The van der Waals surface area contributed by atoms with Crippen LogP contribution in [0.2, 0.25) is 0 Å². The van der Waals surface area contributed by atoms with Gasteiger partial charge in [0.25, 0.3) is 0 Å². The van der Waals surface area contributed by atoms with E-state index in [9.17, 15) is 0 Å². The zero-order chi connectivity index (χ0) is 12.4. The molecule has 5 heteroatoms. The van der Waals surface area contributed by atoms with Crippen LogP contribution >= 0.6 is 15.9 Å². The van der Waals surface area contributed by atoms with Gasteiger partial charge in [-0.3, -0.25) is 0 Å². The Morgan fingerprint density at radius 2 is 2.00 bits per heavy atom. The molecule has 0 atom stereocenters. The van der Waals surface area contributed by atoms with E-state index in [1.54, 1.807) is 6.20 Å². The van der Waals surface area contributed by atoms with Crippen LogP contribution in [0.1, 0.15) is 11.1 Å². The summed E-state index contributed by atoms with van der Waals surface area (Å²) in [6, 6.07) is 6.02. The van der Waals surface area contributed by atoms with E-state index in [0.29, 0.717) is 0 Å². The molecule has 17 heavy (non-hydrogen) atoms. The van der Waals surface area contributed by atoms with Gasteiger partial charge in [0.1, 0.15) is 5.82 Å². The molecule has 88 valence electrons. The van der Waals surface area contributed by atoms with E-state index < -0.39 is 0 Å². The van der Waals surface area contributed by atoms with Gasteiger partial charge < -0.3 is 11.1 Å². The Bertz CT molecular complexity index is 554. The highest BCUT2D eigenvalue weighted by Gasteiger charge is 2.04. The number of nitrogens with one attached hydrogen (secondary N) is 1. The maximum Gasteiger partial charge on any atom is 0.221 e. The number of aryl methyl sites for hydroxylation is 2. The summed E-state index contributed by atoms with van der Waals surface area (Å²) >= 11 is 3.43. The lowest BCUT2D eigenvalue weighted by Crippen LogP contribution is -2.02. The SMILES string of the molecule is Cc1cc(Br)ccc1Nc1nc(N)ncc1C. The molecular weight excluding hydrogens is 280 g/mol. The number of benzene rings is 1. The van der Waals surface area contributed by atoms with Crippen molar-refractivity contribution in [3.8, 4) is 0 Å². The van der Waals surface area contributed by atoms with Crippen molar-refractivity contribution in [2.24, 2.45) is 0 Å². The zero-order valence-corrected chi connectivity index (χ0v) is 11.2. The van der Waals surface area contributed by atoms with Gasteiger partial charge in [0.05, 0.1) is 0 Å². The maximum atomic E-state index is 5.57. The molecule has 1 heterocycles. The molecular formula is C12H13BrN4. The van der Waals surface area contributed by atoms with Gasteiger partial charge in [-0.15, -0.1) is 0 Å². The third-order valence-electron chi connectivity index (χ3n) is 2.43. The highest BCUT2D eigenvalue weighted by molar-refractivity contribution is 9.10. The van der Waals surface area contributed by atoms with E-state index in [1.807, 2.05) is 32.0 Å². The minimum atomic E-state index is 0.271. The zero-order valence-electron chi connectivity index (χ0n) is 9.66. The number of hydrogen-bond acceptors (Lipinski definition) is 4. The maximum absolute atomic E-state index is 5.57. The van der Waals surface area contributed by atoms with Crippen LogP contribution in [0.4, 0.5) is 17.5 Å². The second-order valence-electron chi connectivity index (χ2n) is 3.84. The van der Waals surface area contributed by atoms with Crippen molar-refractivity contribution < 1.29 is 0 Å². The number of anilines is 3. The second-order valence-corrected chi connectivity index (χ2v) is 4.76. The highest BCUT2D eigenvalue weighted by Crippen LogP contribution is 2.24. The minimum Gasteiger partial charge on any atom is -0.368 e. The van der Waals surface area contributed by atoms with Gasteiger partial charge in [0, 0.05) is 21.9 Å². The van der Waals surface area contributed by atoms with Crippen LogP contribution in [0.5, 0.6) is 0 Å². The summed E-state index contributed by atoms with van der Waals surface area (Å²) in [4.78, 5) is 8.11. The Morgan fingerprint density at radius 3 is 2.71 bits per heavy atom. The number of nitrogen functional groups attached to an aromatic ring is 1. The summed E-state index contributed by atoms with van der Waals surface area (Å²) < 4.78 is 1.06. The van der Waals surface area contributed by atoms with E-state index in [1.165, 1.54) is 0 Å². The van der Waals surface area contributed by atoms with Crippen molar-refractivity contribution in [3.63, 3.8) is 0 Å². The molecule has 2 aromatic rings. The number of nitrogens with zero attached hydrogens (tertiary/aromatic N) is 2. The number of aromatic nitrogens is 2. The van der Waals surface area contributed by atoms with Gasteiger partial charge in [-0.05, 0) is 37.6 Å². The van der Waals surface area contributed by atoms with E-state index in [0.717, 1.165) is 27.1 Å². The van der Waals surface area contributed by atoms with Crippen LogP contribution in [0, 0.1) is 13.8 Å². The fourth-order valence-electron chi connectivity index (χ4n) is 1.48. The Balaban J connectivity index is 2.34. The van der Waals surface area contributed by atoms with Crippen molar-refractivity contribution in [2.75, 3.05) is 11.1 Å². The topological polar surface area (TPSA) is 63.8 Å². The molecule has 1 aromatic heterocycles. The molecule has 0 saturated carbocycles. The molecule has 0 aliphatic rings. The van der Waals surface area contributed by atoms with Gasteiger partial charge >= 0.3 is 0 Å². The summed E-state index contributed by atoms with van der Waals surface area (Å²) in [7, 11) is 0. The Morgan fingerprint density at radius 1 is 1.24 bits per heavy atom. The quantitative estimate of drug-likeness (QED) is 0.892. The van der Waals surface area contributed by atoms with Crippen molar-refractivity contribution in [1.82, 2.24) is 9.97 Å². The van der Waals surface area contributed by atoms with E-state index >= 15 is 0 Å². The number of hydrogen-bond donors (Lipinski definition) is 2. The van der Waals surface area contributed by atoms with Crippen LogP contribution in [0.15, 0.2) is 28.9 Å². The van der Waals surface area contributed by atoms with Crippen molar-refractivity contribution in [1.29, 1.82) is 0 Å². The molecule has 1 aromatic carbocycles. The van der Waals surface area contributed by atoms with Crippen LogP contribution in [-0.4, -0.2) is 9.97 Å². The predicted octanol–water partition coefficient (Wildman–Crippen LogP) is 3.18. The fraction of sp³-hybridized carbons (Fsp3) is 0.167. The summed E-state index contributed by atoms with van der Waals surface area (Å²) in [5.74, 6) is 1.01. The molecule has 0 aliphatic heterocycles. The summed E-state index contributed by atoms with van der Waals surface area (Å²) in [5, 5.41) is 3.26. The third kappa shape index (κ3) is 2.74. The molecule has 2 rings (SSSR count). The molecule has 0 fully saturated rings. The lowest BCUT2D eigenvalue weighted by molar-refractivity contribution is 1.14. The van der Waals surface area contributed by atoms with Crippen molar-refractivity contribution in [3.05, 3.63) is 40.0 Å². The molecule has 0 bridgehead atoms. The van der Waals surface area contributed by atoms with Crippen molar-refractivity contribution in [2.45, 2.75) is 13.8 Å². The number of rotatable bonds is 2. The highest BCUT2D eigenvalue weighted by atomic mass is 79.9. The molecule has 0 amide bonds. The first kappa shape index (κ1) is 11.9. The second kappa shape index (κ2) is 4.71. The number of nitrogens with two attached hydrogens (primary N) is 1. The molecule has 4 nitrogen and oxygen atoms in total. The molecule has 0 spiro atoms. The summed E-state index contributed by atoms with van der Waals surface area (Å²) in [6.45, 7) is 3.98. The van der Waals surface area contributed by atoms with Crippen molar-refractivity contribution >= 4 is 33.4 Å². The van der Waals surface area contributed by atoms with Crippen LogP contribution < -0.4 is 11.1 Å². The summed E-state index contributed by atoms with van der Waals surface area (Å²) in [5.41, 5.74) is 8.68. The minimum absolute atomic E-state index is 0.271. The lowest BCUT2D eigenvalue weighted by atomic mass is 10.2. The molecule has 0 radical (unpaired) electrons.